The van der Waals surface area contributed by atoms with Crippen molar-refractivity contribution in [1.29, 1.82) is 0 Å². The minimum atomic E-state index is -1.13. The van der Waals surface area contributed by atoms with Crippen molar-refractivity contribution >= 4 is 23.7 Å². The largest absolute Gasteiger partial charge is 0.508 e. The Morgan fingerprint density at radius 3 is 1.49 bits per heavy atom. The molecule has 4 unspecified atom stereocenters. The van der Waals surface area contributed by atoms with Crippen molar-refractivity contribution in [2.24, 2.45) is 23.5 Å². The number of carboxylic acid groups (broad SMARTS) is 1. The Hall–Kier alpha value is -3.14. The van der Waals surface area contributed by atoms with Gasteiger partial charge in [-0.3, -0.25) is 14.4 Å². The molecular formula is C27H44N4O6. The van der Waals surface area contributed by atoms with E-state index in [1.54, 1.807) is 12.1 Å². The molecule has 1 aromatic rings. The summed E-state index contributed by atoms with van der Waals surface area (Å²) in [5.74, 6) is -2.49. The van der Waals surface area contributed by atoms with Gasteiger partial charge in [0.15, 0.2) is 0 Å². The predicted molar refractivity (Wildman–Crippen MR) is 142 cm³/mol. The molecule has 0 fully saturated rings. The van der Waals surface area contributed by atoms with Crippen LogP contribution < -0.4 is 21.7 Å². The van der Waals surface area contributed by atoms with Crippen LogP contribution in [0.1, 0.15) is 66.4 Å². The zero-order chi connectivity index (χ0) is 28.3. The SMILES string of the molecule is CC(C)CC(NC(=O)C(CC(C)C)NC(=O)C(CC(C)C)NC(=O)C(N)Cc1ccc(O)cc1)C(=O)O. The number of benzene rings is 1. The van der Waals surface area contributed by atoms with Crippen LogP contribution in [0.2, 0.25) is 0 Å². The molecule has 0 spiro atoms. The van der Waals surface area contributed by atoms with Gasteiger partial charge in [0.05, 0.1) is 6.04 Å². The Morgan fingerprint density at radius 1 is 0.703 bits per heavy atom. The fraction of sp³-hybridized carbons (Fsp3) is 0.630. The Kier molecular flexibility index (Phi) is 13.1. The fourth-order valence-electron chi connectivity index (χ4n) is 3.90. The Labute approximate surface area is 219 Å². The quantitative estimate of drug-likeness (QED) is 0.205. The third-order valence-electron chi connectivity index (χ3n) is 5.73. The molecule has 0 aliphatic rings. The first-order valence-electron chi connectivity index (χ1n) is 12.9. The molecule has 10 heteroatoms. The van der Waals surface area contributed by atoms with Gasteiger partial charge in [-0.25, -0.2) is 4.79 Å². The highest BCUT2D eigenvalue weighted by Gasteiger charge is 2.31. The van der Waals surface area contributed by atoms with Crippen molar-refractivity contribution in [3.05, 3.63) is 29.8 Å². The summed E-state index contributed by atoms with van der Waals surface area (Å²) in [6.07, 6.45) is 1.10. The van der Waals surface area contributed by atoms with Crippen molar-refractivity contribution in [3.8, 4) is 5.75 Å². The van der Waals surface area contributed by atoms with Crippen LogP contribution in [0.3, 0.4) is 0 Å². The monoisotopic (exact) mass is 520 g/mol. The highest BCUT2D eigenvalue weighted by Crippen LogP contribution is 2.13. The molecule has 1 aromatic carbocycles. The molecule has 0 radical (unpaired) electrons. The average Bonchev–Trinajstić information content (AvgIpc) is 2.78. The number of aromatic hydroxyl groups is 1. The number of hydrogen-bond donors (Lipinski definition) is 6. The van der Waals surface area contributed by atoms with Gasteiger partial charge in [0.25, 0.3) is 0 Å². The van der Waals surface area contributed by atoms with E-state index in [1.807, 2.05) is 41.5 Å². The van der Waals surface area contributed by atoms with Crippen LogP contribution in [-0.2, 0) is 25.6 Å². The first-order chi connectivity index (χ1) is 17.2. The van der Waals surface area contributed by atoms with Crippen LogP contribution in [0, 0.1) is 17.8 Å². The first kappa shape index (κ1) is 31.9. The molecule has 4 atom stereocenters. The minimum absolute atomic E-state index is 0.0429. The van der Waals surface area contributed by atoms with Gasteiger partial charge in [-0.15, -0.1) is 0 Å². The number of carbonyl (C=O) groups excluding carboxylic acids is 3. The summed E-state index contributed by atoms with van der Waals surface area (Å²) in [5, 5.41) is 26.9. The average molecular weight is 521 g/mol. The van der Waals surface area contributed by atoms with E-state index in [1.165, 1.54) is 12.1 Å². The molecule has 0 saturated carbocycles. The summed E-state index contributed by atoms with van der Waals surface area (Å²) < 4.78 is 0. The molecule has 0 saturated heterocycles. The molecule has 0 bridgehead atoms. The van der Waals surface area contributed by atoms with E-state index in [0.29, 0.717) is 12.8 Å². The Balaban J connectivity index is 2.97. The number of rotatable bonds is 15. The Bertz CT molecular complexity index is 901. The lowest BCUT2D eigenvalue weighted by Crippen LogP contribution is -2.57. The molecule has 208 valence electrons. The highest BCUT2D eigenvalue weighted by molar-refractivity contribution is 5.94. The number of nitrogens with two attached hydrogens (primary N) is 1. The zero-order valence-corrected chi connectivity index (χ0v) is 22.8. The van der Waals surface area contributed by atoms with Crippen molar-refractivity contribution in [3.63, 3.8) is 0 Å². The summed E-state index contributed by atoms with van der Waals surface area (Å²) in [6.45, 7) is 11.3. The van der Waals surface area contributed by atoms with Crippen molar-refractivity contribution in [1.82, 2.24) is 16.0 Å². The summed E-state index contributed by atoms with van der Waals surface area (Å²) in [6, 6.07) is 2.47. The van der Waals surface area contributed by atoms with Crippen molar-refractivity contribution < 1.29 is 29.4 Å². The summed E-state index contributed by atoms with van der Waals surface area (Å²) in [4.78, 5) is 50.7. The van der Waals surface area contributed by atoms with Gasteiger partial charge < -0.3 is 31.9 Å². The summed E-state index contributed by atoms with van der Waals surface area (Å²) in [7, 11) is 0. The lowest BCUT2D eigenvalue weighted by molar-refractivity contribution is -0.143. The molecule has 37 heavy (non-hydrogen) atoms. The third kappa shape index (κ3) is 12.1. The maximum Gasteiger partial charge on any atom is 0.326 e. The first-order valence-corrected chi connectivity index (χ1v) is 12.9. The molecule has 7 N–H and O–H groups in total. The molecule has 3 amide bonds. The van der Waals surface area contributed by atoms with Crippen molar-refractivity contribution in [2.45, 2.75) is 91.4 Å². The summed E-state index contributed by atoms with van der Waals surface area (Å²) >= 11 is 0. The third-order valence-corrected chi connectivity index (χ3v) is 5.73. The van der Waals surface area contributed by atoms with Gasteiger partial charge in [-0.05, 0) is 61.1 Å². The van der Waals surface area contributed by atoms with Crippen molar-refractivity contribution in [2.75, 3.05) is 0 Å². The van der Waals surface area contributed by atoms with Crippen LogP contribution in [0.5, 0.6) is 5.75 Å². The smallest absolute Gasteiger partial charge is 0.326 e. The summed E-state index contributed by atoms with van der Waals surface area (Å²) in [5.41, 5.74) is 6.84. The van der Waals surface area contributed by atoms with Crippen LogP contribution in [-0.4, -0.2) is 58.1 Å². The van der Waals surface area contributed by atoms with Crippen LogP contribution in [0.15, 0.2) is 24.3 Å². The van der Waals surface area contributed by atoms with Gasteiger partial charge >= 0.3 is 5.97 Å². The fourth-order valence-corrected chi connectivity index (χ4v) is 3.90. The molecule has 0 aliphatic heterocycles. The van der Waals surface area contributed by atoms with E-state index in [-0.39, 0.29) is 36.3 Å². The number of phenols is 1. The van der Waals surface area contributed by atoms with Gasteiger partial charge in [-0.1, -0.05) is 53.7 Å². The number of amides is 3. The normalized spacial score (nSPS) is 14.6. The highest BCUT2D eigenvalue weighted by atomic mass is 16.4. The molecule has 10 nitrogen and oxygen atoms in total. The number of carbonyl (C=O) groups is 4. The van der Waals surface area contributed by atoms with Gasteiger partial charge in [-0.2, -0.15) is 0 Å². The Morgan fingerprint density at radius 2 is 1.08 bits per heavy atom. The van der Waals surface area contributed by atoms with Crippen LogP contribution in [0.4, 0.5) is 0 Å². The van der Waals surface area contributed by atoms with Gasteiger partial charge in [0.1, 0.15) is 23.9 Å². The number of aliphatic carboxylic acids is 1. The second-order valence-electron chi connectivity index (χ2n) is 10.9. The van der Waals surface area contributed by atoms with E-state index in [0.717, 1.165) is 5.56 Å². The van der Waals surface area contributed by atoms with E-state index in [9.17, 15) is 29.4 Å². The molecule has 0 aromatic heterocycles. The standard InChI is InChI=1S/C27H44N4O6/c1-15(2)11-21(29-24(33)20(28)14-18-7-9-19(32)10-8-18)25(34)30-22(12-16(3)4)26(35)31-23(27(36)37)13-17(5)6/h7-10,15-17,20-23,32H,11-14,28H2,1-6H3,(H,29,33)(H,30,34)(H,31,35)(H,36,37). The maximum absolute atomic E-state index is 13.2. The number of hydrogen-bond acceptors (Lipinski definition) is 6. The molecular weight excluding hydrogens is 476 g/mol. The van der Waals surface area contributed by atoms with E-state index in [4.69, 9.17) is 5.73 Å². The van der Waals surface area contributed by atoms with Crippen LogP contribution in [0.25, 0.3) is 0 Å². The van der Waals surface area contributed by atoms with Crippen LogP contribution >= 0.6 is 0 Å². The maximum atomic E-state index is 13.2. The zero-order valence-electron chi connectivity index (χ0n) is 22.8. The lowest BCUT2D eigenvalue weighted by Gasteiger charge is -2.27. The van der Waals surface area contributed by atoms with E-state index in [2.05, 4.69) is 16.0 Å². The second kappa shape index (κ2) is 15.2. The minimum Gasteiger partial charge on any atom is -0.508 e. The van der Waals surface area contributed by atoms with Gasteiger partial charge in [0.2, 0.25) is 17.7 Å². The number of carboxylic acids is 1. The lowest BCUT2D eigenvalue weighted by atomic mass is 9.98. The van der Waals surface area contributed by atoms with E-state index >= 15 is 0 Å². The number of nitrogens with one attached hydrogen (secondary N) is 3. The second-order valence-corrected chi connectivity index (χ2v) is 10.9. The van der Waals surface area contributed by atoms with Gasteiger partial charge in [0, 0.05) is 0 Å². The number of phenolic OH excluding ortho intramolecular Hbond substituents is 1. The molecule has 1 rings (SSSR count). The molecule has 0 aliphatic carbocycles. The van der Waals surface area contributed by atoms with E-state index < -0.39 is 47.9 Å². The molecule has 0 heterocycles. The topological polar surface area (TPSA) is 171 Å². The predicted octanol–water partition coefficient (Wildman–Crippen LogP) is 1.94.